The molecule has 1 atom stereocenters. The third-order valence-electron chi connectivity index (χ3n) is 5.35. The average Bonchev–Trinajstić information content (AvgIpc) is 3.34. The van der Waals surface area contributed by atoms with Crippen LogP contribution < -0.4 is 27.3 Å². The van der Waals surface area contributed by atoms with Gasteiger partial charge < -0.3 is 21.2 Å². The molecule has 2 aromatic heterocycles. The van der Waals surface area contributed by atoms with Gasteiger partial charge in [0.15, 0.2) is 5.82 Å². The maximum Gasteiger partial charge on any atom is 0.404 e. The minimum absolute atomic E-state index is 0.0138. The van der Waals surface area contributed by atoms with Crippen LogP contribution in [0.2, 0.25) is 0 Å². The Labute approximate surface area is 152 Å². The molecule has 0 aromatic carbocycles. The van der Waals surface area contributed by atoms with Crippen LogP contribution in [0.4, 0.5) is 14.9 Å². The van der Waals surface area contributed by atoms with Crippen LogP contribution in [-0.4, -0.2) is 39.4 Å². The van der Waals surface area contributed by atoms with E-state index in [0.717, 1.165) is 23.4 Å². The molecule has 1 saturated carbocycles. The fraction of sp³-hybridized carbons (Fsp3) is 0.471. The van der Waals surface area contributed by atoms with Crippen LogP contribution in [0.1, 0.15) is 36.3 Å². The third kappa shape index (κ3) is 2.71. The molecular weight excluding hydrogens is 357 g/mol. The number of halogens is 1. The van der Waals surface area contributed by atoms with Crippen molar-refractivity contribution in [2.45, 2.75) is 38.1 Å². The molecule has 0 radical (unpaired) electrons. The minimum Gasteiger partial charge on any atom is -0.465 e. The summed E-state index contributed by atoms with van der Waals surface area (Å²) in [5.74, 6) is 5.01. The first-order valence-corrected chi connectivity index (χ1v) is 8.79. The lowest BCUT2D eigenvalue weighted by Gasteiger charge is -2.24. The van der Waals surface area contributed by atoms with Crippen LogP contribution >= 0.6 is 0 Å². The Morgan fingerprint density at radius 1 is 1.33 bits per heavy atom. The number of nitrogens with one attached hydrogen (secondary N) is 1. The van der Waals surface area contributed by atoms with E-state index in [1.165, 1.54) is 0 Å². The fourth-order valence-corrected chi connectivity index (χ4v) is 4.01. The molecule has 4 N–H and O–H groups in total. The SMILES string of the molecule is Cc1c(N2CCC(NC(=O)O)C2)c(F)cn2c(=O)n(N)c(=O)c(C3CC3)c12. The molecule has 0 bridgehead atoms. The van der Waals surface area contributed by atoms with E-state index < -0.39 is 23.2 Å². The maximum atomic E-state index is 14.9. The van der Waals surface area contributed by atoms with Crippen molar-refractivity contribution in [2.75, 3.05) is 23.8 Å². The van der Waals surface area contributed by atoms with Crippen molar-refractivity contribution < 1.29 is 14.3 Å². The van der Waals surface area contributed by atoms with Crippen molar-refractivity contribution in [1.29, 1.82) is 0 Å². The van der Waals surface area contributed by atoms with Gasteiger partial charge in [-0.1, -0.05) is 0 Å². The lowest BCUT2D eigenvalue weighted by molar-refractivity contribution is 0.191. The number of pyridine rings is 1. The van der Waals surface area contributed by atoms with E-state index >= 15 is 0 Å². The number of carboxylic acid groups (broad SMARTS) is 1. The van der Waals surface area contributed by atoms with Crippen molar-refractivity contribution in [3.8, 4) is 0 Å². The summed E-state index contributed by atoms with van der Waals surface area (Å²) in [4.78, 5) is 37.6. The summed E-state index contributed by atoms with van der Waals surface area (Å²) in [6.07, 6.45) is 2.13. The molecule has 1 aliphatic heterocycles. The summed E-state index contributed by atoms with van der Waals surface area (Å²) in [6, 6.07) is -0.306. The van der Waals surface area contributed by atoms with Gasteiger partial charge in [-0.15, -0.1) is 0 Å². The number of rotatable bonds is 3. The van der Waals surface area contributed by atoms with Crippen LogP contribution in [0.3, 0.4) is 0 Å². The number of hydrogen-bond acceptors (Lipinski definition) is 5. The highest BCUT2D eigenvalue weighted by Crippen LogP contribution is 2.42. The summed E-state index contributed by atoms with van der Waals surface area (Å²) in [5.41, 5.74) is 0.285. The van der Waals surface area contributed by atoms with Gasteiger partial charge in [0.05, 0.1) is 23.4 Å². The molecule has 2 aromatic rings. The van der Waals surface area contributed by atoms with E-state index in [2.05, 4.69) is 5.32 Å². The maximum absolute atomic E-state index is 14.9. The van der Waals surface area contributed by atoms with E-state index in [0.29, 0.717) is 46.5 Å². The minimum atomic E-state index is -1.12. The quantitative estimate of drug-likeness (QED) is 0.664. The molecule has 144 valence electrons. The molecule has 1 saturated heterocycles. The Morgan fingerprint density at radius 2 is 2.04 bits per heavy atom. The van der Waals surface area contributed by atoms with Gasteiger partial charge in [-0.25, -0.2) is 14.0 Å². The van der Waals surface area contributed by atoms with Crippen LogP contribution in [0.5, 0.6) is 0 Å². The number of carbonyl (C=O) groups is 1. The third-order valence-corrected chi connectivity index (χ3v) is 5.35. The van der Waals surface area contributed by atoms with Crippen molar-refractivity contribution in [3.05, 3.63) is 44.0 Å². The number of aryl methyl sites for hydroxylation is 1. The highest BCUT2D eigenvalue weighted by molar-refractivity contribution is 5.73. The zero-order chi connectivity index (χ0) is 19.5. The van der Waals surface area contributed by atoms with Crippen LogP contribution in [0, 0.1) is 12.7 Å². The highest BCUT2D eigenvalue weighted by Gasteiger charge is 2.33. The summed E-state index contributed by atoms with van der Waals surface area (Å²) in [7, 11) is 0. The number of anilines is 1. The number of amides is 1. The van der Waals surface area contributed by atoms with Gasteiger partial charge in [0.1, 0.15) is 0 Å². The van der Waals surface area contributed by atoms with Gasteiger partial charge in [0, 0.05) is 24.2 Å². The Morgan fingerprint density at radius 3 is 2.67 bits per heavy atom. The van der Waals surface area contributed by atoms with Gasteiger partial charge in [-0.05, 0) is 32.1 Å². The number of nitrogen functional groups attached to an aromatic ring is 1. The van der Waals surface area contributed by atoms with Crippen molar-refractivity contribution in [3.63, 3.8) is 0 Å². The molecule has 2 fully saturated rings. The van der Waals surface area contributed by atoms with Gasteiger partial charge in [0.25, 0.3) is 5.56 Å². The lowest BCUT2D eigenvalue weighted by Crippen LogP contribution is -2.44. The van der Waals surface area contributed by atoms with Gasteiger partial charge >= 0.3 is 11.8 Å². The Kier molecular flexibility index (Phi) is 3.86. The van der Waals surface area contributed by atoms with E-state index in [1.807, 2.05) is 0 Å². The molecule has 9 nitrogen and oxygen atoms in total. The number of aromatic nitrogens is 2. The first-order valence-electron chi connectivity index (χ1n) is 8.79. The first-order chi connectivity index (χ1) is 12.8. The van der Waals surface area contributed by atoms with E-state index in [4.69, 9.17) is 10.9 Å². The molecule has 3 heterocycles. The zero-order valence-corrected chi connectivity index (χ0v) is 14.7. The summed E-state index contributed by atoms with van der Waals surface area (Å²) in [6.45, 7) is 2.46. The molecular formula is C17H20FN5O4. The van der Waals surface area contributed by atoms with Gasteiger partial charge in [-0.3, -0.25) is 9.20 Å². The second kappa shape index (κ2) is 6.00. The normalized spacial score (nSPS) is 19.6. The predicted octanol–water partition coefficient (Wildman–Crippen LogP) is 0.346. The van der Waals surface area contributed by atoms with E-state index in [-0.39, 0.29) is 12.0 Å². The van der Waals surface area contributed by atoms with Gasteiger partial charge in [-0.2, -0.15) is 4.68 Å². The lowest BCUT2D eigenvalue weighted by atomic mass is 10.1. The monoisotopic (exact) mass is 377 g/mol. The summed E-state index contributed by atoms with van der Waals surface area (Å²) in [5, 5.41) is 11.3. The first kappa shape index (κ1) is 17.4. The molecule has 0 spiro atoms. The standard InChI is InChI=1S/C17H20FN5O4/c1-8-13(21-5-4-10(6-21)20-16(25)26)11(18)7-22-14(8)12(9-2-3-9)15(24)23(19)17(22)27/h7,9-10,20H,2-6,19H2,1H3,(H,25,26). The predicted molar refractivity (Wildman–Crippen MR) is 96.5 cm³/mol. The van der Waals surface area contributed by atoms with Crippen LogP contribution in [0.15, 0.2) is 15.8 Å². The van der Waals surface area contributed by atoms with Crippen LogP contribution in [-0.2, 0) is 0 Å². The zero-order valence-electron chi connectivity index (χ0n) is 14.7. The highest BCUT2D eigenvalue weighted by atomic mass is 19.1. The van der Waals surface area contributed by atoms with Crippen molar-refractivity contribution >= 4 is 17.3 Å². The number of hydrogen-bond donors (Lipinski definition) is 3. The van der Waals surface area contributed by atoms with Crippen LogP contribution in [0.25, 0.3) is 5.52 Å². The summed E-state index contributed by atoms with van der Waals surface area (Å²) >= 11 is 0. The van der Waals surface area contributed by atoms with Gasteiger partial charge in [0.2, 0.25) is 0 Å². The molecule has 10 heteroatoms. The molecule has 1 aliphatic carbocycles. The molecule has 2 aliphatic rings. The van der Waals surface area contributed by atoms with E-state index in [1.54, 1.807) is 11.8 Å². The average molecular weight is 377 g/mol. The second-order valence-electron chi connectivity index (χ2n) is 7.20. The van der Waals surface area contributed by atoms with E-state index in [9.17, 15) is 18.8 Å². The molecule has 27 heavy (non-hydrogen) atoms. The second-order valence-corrected chi connectivity index (χ2v) is 7.20. The summed E-state index contributed by atoms with van der Waals surface area (Å²) < 4.78 is 16.5. The topological polar surface area (TPSA) is 122 Å². The Hall–Kier alpha value is -3.04. The molecule has 1 amide bonds. The Bertz CT molecular complexity index is 1070. The van der Waals surface area contributed by atoms with Crippen molar-refractivity contribution in [1.82, 2.24) is 14.4 Å². The Balaban J connectivity index is 1.90. The number of nitrogens with two attached hydrogens (primary N) is 1. The smallest absolute Gasteiger partial charge is 0.404 e. The number of nitrogens with zero attached hydrogens (tertiary/aromatic N) is 3. The number of fused-ring (bicyclic) bond motifs is 1. The molecule has 1 unspecified atom stereocenters. The largest absolute Gasteiger partial charge is 0.465 e. The van der Waals surface area contributed by atoms with Crippen molar-refractivity contribution in [2.24, 2.45) is 0 Å². The molecule has 4 rings (SSSR count). The fourth-order valence-electron chi connectivity index (χ4n) is 4.01.